The topological polar surface area (TPSA) is 66.8 Å². The fraction of sp³-hybridized carbons (Fsp3) is 0.467. The van der Waals surface area contributed by atoms with Crippen molar-refractivity contribution >= 4 is 17.6 Å². The van der Waals surface area contributed by atoms with Crippen molar-refractivity contribution in [1.82, 2.24) is 0 Å². The maximum absolute atomic E-state index is 11.9. The highest BCUT2D eigenvalue weighted by molar-refractivity contribution is 5.99. The molecule has 0 saturated heterocycles. The van der Waals surface area contributed by atoms with Crippen LogP contribution in [0.1, 0.15) is 26.3 Å². The van der Waals surface area contributed by atoms with Gasteiger partial charge < -0.3 is 14.7 Å². The lowest BCUT2D eigenvalue weighted by Gasteiger charge is -2.31. The highest BCUT2D eigenvalue weighted by Gasteiger charge is 2.31. The summed E-state index contributed by atoms with van der Waals surface area (Å²) in [6, 6.07) is 5.46. The van der Waals surface area contributed by atoms with Crippen molar-refractivity contribution in [3.8, 4) is 5.75 Å². The molecule has 20 heavy (non-hydrogen) atoms. The summed E-state index contributed by atoms with van der Waals surface area (Å²) in [5, 5.41) is 9.18. The Labute approximate surface area is 118 Å². The van der Waals surface area contributed by atoms with Gasteiger partial charge in [0.15, 0.2) is 6.10 Å². The molecular weight excluding hydrogens is 258 g/mol. The van der Waals surface area contributed by atoms with E-state index in [9.17, 15) is 14.7 Å². The molecule has 0 spiro atoms. The first-order valence-electron chi connectivity index (χ1n) is 6.53. The van der Waals surface area contributed by atoms with Gasteiger partial charge in [-0.25, -0.2) is 0 Å². The fourth-order valence-corrected chi connectivity index (χ4v) is 2.25. The first-order chi connectivity index (χ1) is 9.22. The van der Waals surface area contributed by atoms with Gasteiger partial charge in [0.25, 0.3) is 5.91 Å². The standard InChI is InChI=1S/C15H19NO4/c1-9-13(17)16(4)11-7-10(5-6-12(11)20-9)8-15(2,3)14(18)19/h5-7,9H,8H2,1-4H3,(H,18,19). The van der Waals surface area contributed by atoms with Gasteiger partial charge in [-0.2, -0.15) is 0 Å². The van der Waals surface area contributed by atoms with Crippen LogP contribution in [0.25, 0.3) is 0 Å². The summed E-state index contributed by atoms with van der Waals surface area (Å²) in [5.41, 5.74) is 0.709. The number of nitrogens with zero attached hydrogens (tertiary/aromatic N) is 1. The van der Waals surface area contributed by atoms with Gasteiger partial charge in [-0.15, -0.1) is 0 Å². The zero-order valence-electron chi connectivity index (χ0n) is 12.1. The van der Waals surface area contributed by atoms with Gasteiger partial charge in [0.05, 0.1) is 11.1 Å². The van der Waals surface area contributed by atoms with Crippen molar-refractivity contribution in [3.05, 3.63) is 23.8 Å². The first kappa shape index (κ1) is 14.4. The van der Waals surface area contributed by atoms with Crippen LogP contribution in [0.5, 0.6) is 5.75 Å². The van der Waals surface area contributed by atoms with Crippen molar-refractivity contribution in [2.75, 3.05) is 11.9 Å². The largest absolute Gasteiger partial charge is 0.481 e. The molecule has 1 N–H and O–H groups in total. The number of carboxylic acids is 1. The average Bonchev–Trinajstić information content (AvgIpc) is 2.36. The van der Waals surface area contributed by atoms with Crippen LogP contribution in [0, 0.1) is 5.41 Å². The average molecular weight is 277 g/mol. The SMILES string of the molecule is CC1Oc2ccc(CC(C)(C)C(=O)O)cc2N(C)C1=O. The summed E-state index contributed by atoms with van der Waals surface area (Å²) in [7, 11) is 1.70. The number of rotatable bonds is 3. The van der Waals surface area contributed by atoms with E-state index in [-0.39, 0.29) is 5.91 Å². The molecule has 0 bridgehead atoms. The molecule has 1 aromatic rings. The Kier molecular flexibility index (Phi) is 3.46. The molecule has 0 saturated carbocycles. The second-order valence-electron chi connectivity index (χ2n) is 5.83. The Bertz CT molecular complexity index is 565. The number of hydrogen-bond donors (Lipinski definition) is 1. The van der Waals surface area contributed by atoms with Gasteiger partial charge in [0, 0.05) is 7.05 Å². The first-order valence-corrected chi connectivity index (χ1v) is 6.53. The smallest absolute Gasteiger partial charge is 0.309 e. The van der Waals surface area contributed by atoms with E-state index in [2.05, 4.69) is 0 Å². The van der Waals surface area contributed by atoms with Crippen LogP contribution in [0.2, 0.25) is 0 Å². The van der Waals surface area contributed by atoms with E-state index in [0.29, 0.717) is 17.9 Å². The van der Waals surface area contributed by atoms with Crippen molar-refractivity contribution in [2.45, 2.75) is 33.3 Å². The number of fused-ring (bicyclic) bond motifs is 1. The number of amides is 1. The van der Waals surface area contributed by atoms with Crippen LogP contribution in [0.3, 0.4) is 0 Å². The van der Waals surface area contributed by atoms with E-state index < -0.39 is 17.5 Å². The van der Waals surface area contributed by atoms with Crippen LogP contribution in [-0.2, 0) is 16.0 Å². The number of anilines is 1. The maximum atomic E-state index is 11.9. The highest BCUT2D eigenvalue weighted by Crippen LogP contribution is 2.35. The minimum Gasteiger partial charge on any atom is -0.481 e. The van der Waals surface area contributed by atoms with E-state index in [4.69, 9.17) is 4.74 Å². The van der Waals surface area contributed by atoms with E-state index in [0.717, 1.165) is 5.56 Å². The second-order valence-corrected chi connectivity index (χ2v) is 5.83. The molecule has 0 aliphatic carbocycles. The molecule has 0 aromatic heterocycles. The predicted octanol–water partition coefficient (Wildman–Crippen LogP) is 2.08. The van der Waals surface area contributed by atoms with Gasteiger partial charge in [-0.1, -0.05) is 6.07 Å². The van der Waals surface area contributed by atoms with Crippen LogP contribution < -0.4 is 9.64 Å². The van der Waals surface area contributed by atoms with Gasteiger partial charge in [0.1, 0.15) is 5.75 Å². The summed E-state index contributed by atoms with van der Waals surface area (Å²) in [6.45, 7) is 5.08. The molecule has 1 aliphatic heterocycles. The predicted molar refractivity (Wildman–Crippen MR) is 75.1 cm³/mol. The summed E-state index contributed by atoms with van der Waals surface area (Å²) in [4.78, 5) is 24.6. The van der Waals surface area contributed by atoms with Crippen molar-refractivity contribution in [2.24, 2.45) is 5.41 Å². The third-order valence-corrected chi connectivity index (χ3v) is 3.59. The molecule has 1 heterocycles. The van der Waals surface area contributed by atoms with Gasteiger partial charge in [-0.3, -0.25) is 9.59 Å². The lowest BCUT2D eigenvalue weighted by molar-refractivity contribution is -0.146. The Morgan fingerprint density at radius 2 is 2.10 bits per heavy atom. The molecule has 1 atom stereocenters. The molecule has 5 heteroatoms. The quantitative estimate of drug-likeness (QED) is 0.918. The van der Waals surface area contributed by atoms with Crippen molar-refractivity contribution in [3.63, 3.8) is 0 Å². The normalized spacial score (nSPS) is 18.5. The second kappa shape index (κ2) is 4.81. The minimum atomic E-state index is -0.848. The molecule has 0 fully saturated rings. The number of benzene rings is 1. The zero-order valence-corrected chi connectivity index (χ0v) is 12.1. The van der Waals surface area contributed by atoms with Crippen LogP contribution >= 0.6 is 0 Å². The third-order valence-electron chi connectivity index (χ3n) is 3.59. The van der Waals surface area contributed by atoms with Crippen molar-refractivity contribution in [1.29, 1.82) is 0 Å². The van der Waals surface area contributed by atoms with E-state index in [1.165, 1.54) is 0 Å². The molecule has 1 aliphatic rings. The zero-order chi connectivity index (χ0) is 15.1. The highest BCUT2D eigenvalue weighted by atomic mass is 16.5. The van der Waals surface area contributed by atoms with E-state index in [1.807, 2.05) is 12.1 Å². The molecule has 1 amide bonds. The molecule has 5 nitrogen and oxygen atoms in total. The summed E-state index contributed by atoms with van der Waals surface area (Å²) in [5.74, 6) is -0.298. The molecule has 0 radical (unpaired) electrons. The van der Waals surface area contributed by atoms with Crippen molar-refractivity contribution < 1.29 is 19.4 Å². The number of carboxylic acid groups (broad SMARTS) is 1. The molecule has 1 aromatic carbocycles. The Morgan fingerprint density at radius 1 is 1.45 bits per heavy atom. The Hall–Kier alpha value is -2.04. The molecule has 2 rings (SSSR count). The van der Waals surface area contributed by atoms with Crippen LogP contribution in [-0.4, -0.2) is 30.1 Å². The monoisotopic (exact) mass is 277 g/mol. The molecule has 1 unspecified atom stereocenters. The van der Waals surface area contributed by atoms with E-state index in [1.54, 1.807) is 38.8 Å². The Morgan fingerprint density at radius 3 is 2.70 bits per heavy atom. The minimum absolute atomic E-state index is 0.104. The Balaban J connectivity index is 2.33. The van der Waals surface area contributed by atoms with Gasteiger partial charge in [0.2, 0.25) is 0 Å². The van der Waals surface area contributed by atoms with Gasteiger partial charge >= 0.3 is 5.97 Å². The summed E-state index contributed by atoms with van der Waals surface area (Å²) < 4.78 is 5.54. The molecule has 108 valence electrons. The number of carbonyl (C=O) groups is 2. The lowest BCUT2D eigenvalue weighted by Crippen LogP contribution is -2.42. The summed E-state index contributed by atoms with van der Waals surface area (Å²) in [6.07, 6.45) is -0.0958. The van der Waals surface area contributed by atoms with E-state index >= 15 is 0 Å². The van der Waals surface area contributed by atoms with Crippen LogP contribution in [0.4, 0.5) is 5.69 Å². The fourth-order valence-electron chi connectivity index (χ4n) is 2.25. The van der Waals surface area contributed by atoms with Gasteiger partial charge in [-0.05, 0) is 44.9 Å². The summed E-state index contributed by atoms with van der Waals surface area (Å²) >= 11 is 0. The third kappa shape index (κ3) is 2.48. The number of ether oxygens (including phenoxy) is 1. The number of aliphatic carboxylic acids is 1. The number of likely N-dealkylation sites (N-methyl/N-ethyl adjacent to an activating group) is 1. The maximum Gasteiger partial charge on any atom is 0.309 e. The molecular formula is C15H19NO4. The van der Waals surface area contributed by atoms with Crippen LogP contribution in [0.15, 0.2) is 18.2 Å². The lowest BCUT2D eigenvalue weighted by atomic mass is 9.85. The number of hydrogen-bond acceptors (Lipinski definition) is 3. The number of carbonyl (C=O) groups excluding carboxylic acids is 1.